The highest BCUT2D eigenvalue weighted by Crippen LogP contribution is 2.14. The van der Waals surface area contributed by atoms with Crippen LogP contribution in [0.5, 0.6) is 0 Å². The second kappa shape index (κ2) is 11.7. The first-order valence-electron chi connectivity index (χ1n) is 8.91. The lowest BCUT2D eigenvalue weighted by atomic mass is 10.1. The molecule has 0 saturated carbocycles. The fourth-order valence-electron chi connectivity index (χ4n) is 1.74. The molecule has 0 aliphatic heterocycles. The number of rotatable bonds is 10. The van der Waals surface area contributed by atoms with Gasteiger partial charge >= 0.3 is 0 Å². The summed E-state index contributed by atoms with van der Waals surface area (Å²) in [5.74, 6) is 1.01. The summed E-state index contributed by atoms with van der Waals surface area (Å²) in [6, 6.07) is 0. The number of nitrogens with zero attached hydrogens (tertiary/aromatic N) is 1. The van der Waals surface area contributed by atoms with E-state index in [1.54, 1.807) is 0 Å². The number of hydrogen-bond donors (Lipinski definition) is 2. The van der Waals surface area contributed by atoms with Crippen LogP contribution in [-0.4, -0.2) is 12.1 Å². The van der Waals surface area contributed by atoms with Crippen molar-refractivity contribution in [2.24, 2.45) is 16.8 Å². The molecule has 0 aromatic heterocycles. The Balaban J connectivity index is 5.23. The number of carbonyl (C=O) groups is 1. The van der Waals surface area contributed by atoms with E-state index in [4.69, 9.17) is 0 Å². The molecule has 0 bridgehead atoms. The van der Waals surface area contributed by atoms with Gasteiger partial charge < -0.3 is 10.6 Å². The standard InChI is InChI=1S/C20H35N3O/c1-9-11-12-18(23-20(24)15(5)6)22-17(8)19(14(3)4)21-13-16(7)10-2/h12-13,15-16,22H,8-11H2,1-7H3,(H,23,24)/b18-12-,21-13?. The molecule has 0 heterocycles. The van der Waals surface area contributed by atoms with Gasteiger partial charge in [-0.2, -0.15) is 0 Å². The zero-order valence-electron chi connectivity index (χ0n) is 16.5. The van der Waals surface area contributed by atoms with E-state index in [0.29, 0.717) is 17.4 Å². The molecule has 0 fully saturated rings. The van der Waals surface area contributed by atoms with Gasteiger partial charge in [-0.3, -0.25) is 9.79 Å². The molecule has 1 atom stereocenters. The van der Waals surface area contributed by atoms with E-state index < -0.39 is 0 Å². The van der Waals surface area contributed by atoms with Gasteiger partial charge in [0.05, 0.1) is 11.4 Å². The van der Waals surface area contributed by atoms with Crippen LogP contribution >= 0.6 is 0 Å². The summed E-state index contributed by atoms with van der Waals surface area (Å²) in [4.78, 5) is 16.6. The van der Waals surface area contributed by atoms with Gasteiger partial charge in [0.25, 0.3) is 0 Å². The summed E-state index contributed by atoms with van der Waals surface area (Å²) in [5, 5.41) is 6.15. The van der Waals surface area contributed by atoms with Gasteiger partial charge in [-0.1, -0.05) is 47.6 Å². The number of hydrogen-bond acceptors (Lipinski definition) is 3. The Labute approximate surface area is 148 Å². The third-order valence-electron chi connectivity index (χ3n) is 3.57. The summed E-state index contributed by atoms with van der Waals surface area (Å²) in [7, 11) is 0. The third-order valence-corrected chi connectivity index (χ3v) is 3.57. The lowest BCUT2D eigenvalue weighted by molar-refractivity contribution is -0.123. The zero-order valence-corrected chi connectivity index (χ0v) is 16.5. The maximum atomic E-state index is 12.0. The Hall–Kier alpha value is -1.84. The predicted octanol–water partition coefficient (Wildman–Crippen LogP) is 4.91. The number of allylic oxidation sites excluding steroid dienone is 2. The highest BCUT2D eigenvalue weighted by atomic mass is 16.1. The summed E-state index contributed by atoms with van der Waals surface area (Å²) in [6.07, 6.45) is 6.89. The molecule has 136 valence electrons. The molecule has 0 radical (unpaired) electrons. The van der Waals surface area contributed by atoms with Gasteiger partial charge in [-0.25, -0.2) is 0 Å². The third kappa shape index (κ3) is 8.70. The molecule has 0 aliphatic rings. The van der Waals surface area contributed by atoms with E-state index in [1.165, 1.54) is 0 Å². The van der Waals surface area contributed by atoms with Crippen LogP contribution in [0, 0.1) is 11.8 Å². The molecule has 24 heavy (non-hydrogen) atoms. The minimum Gasteiger partial charge on any atom is -0.341 e. The van der Waals surface area contributed by atoms with Crippen LogP contribution in [0.3, 0.4) is 0 Å². The van der Waals surface area contributed by atoms with Crippen molar-refractivity contribution in [1.29, 1.82) is 0 Å². The smallest absolute Gasteiger partial charge is 0.228 e. The minimum absolute atomic E-state index is 0.0143. The van der Waals surface area contributed by atoms with Crippen molar-refractivity contribution in [3.05, 3.63) is 35.4 Å². The Morgan fingerprint density at radius 3 is 2.25 bits per heavy atom. The molecule has 0 saturated heterocycles. The molecule has 1 unspecified atom stereocenters. The molecule has 1 amide bonds. The van der Waals surface area contributed by atoms with E-state index in [2.05, 4.69) is 43.0 Å². The lowest BCUT2D eigenvalue weighted by Gasteiger charge is -2.17. The first kappa shape index (κ1) is 22.2. The van der Waals surface area contributed by atoms with Crippen molar-refractivity contribution < 1.29 is 4.79 Å². The molecular formula is C20H35N3O. The molecule has 0 aromatic carbocycles. The zero-order chi connectivity index (χ0) is 18.7. The first-order valence-corrected chi connectivity index (χ1v) is 8.91. The maximum Gasteiger partial charge on any atom is 0.228 e. The summed E-state index contributed by atoms with van der Waals surface area (Å²) >= 11 is 0. The van der Waals surface area contributed by atoms with Crippen LogP contribution in [-0.2, 0) is 4.79 Å². The summed E-state index contributed by atoms with van der Waals surface area (Å²) < 4.78 is 0. The fourth-order valence-corrected chi connectivity index (χ4v) is 1.74. The summed E-state index contributed by atoms with van der Waals surface area (Å²) in [6.45, 7) is 18.3. The van der Waals surface area contributed by atoms with E-state index in [1.807, 2.05) is 40.0 Å². The van der Waals surface area contributed by atoms with Crippen LogP contribution in [0.1, 0.15) is 67.7 Å². The van der Waals surface area contributed by atoms with Gasteiger partial charge in [0.2, 0.25) is 5.91 Å². The second-order valence-electron chi connectivity index (χ2n) is 6.67. The van der Waals surface area contributed by atoms with Crippen LogP contribution in [0.25, 0.3) is 0 Å². The molecular weight excluding hydrogens is 298 g/mol. The molecule has 0 aliphatic carbocycles. The van der Waals surface area contributed by atoms with Crippen molar-refractivity contribution in [3.8, 4) is 0 Å². The van der Waals surface area contributed by atoms with Crippen molar-refractivity contribution in [3.63, 3.8) is 0 Å². The van der Waals surface area contributed by atoms with Gasteiger partial charge in [0, 0.05) is 12.1 Å². The van der Waals surface area contributed by atoms with Gasteiger partial charge in [0.15, 0.2) is 0 Å². The Morgan fingerprint density at radius 2 is 1.79 bits per heavy atom. The van der Waals surface area contributed by atoms with Gasteiger partial charge in [-0.05, 0) is 44.3 Å². The van der Waals surface area contributed by atoms with Crippen molar-refractivity contribution in [2.75, 3.05) is 0 Å². The van der Waals surface area contributed by atoms with Crippen molar-refractivity contribution in [1.82, 2.24) is 10.6 Å². The molecule has 4 heteroatoms. The number of amides is 1. The topological polar surface area (TPSA) is 53.5 Å². The normalized spacial score (nSPS) is 13.1. The SMILES string of the molecule is C=C(N/C(=C/CCC)NC(=O)C(C)C)C(N=CC(C)CC)=C(C)C. The molecule has 2 N–H and O–H groups in total. The number of nitrogens with one attached hydrogen (secondary N) is 2. The molecule has 0 rings (SSSR count). The Bertz CT molecular complexity index is 509. The Kier molecular flexibility index (Phi) is 10.8. The molecule has 0 aromatic rings. The second-order valence-corrected chi connectivity index (χ2v) is 6.67. The number of aliphatic imine (C=N–C) groups is 1. The first-order chi connectivity index (χ1) is 11.2. The van der Waals surface area contributed by atoms with Crippen molar-refractivity contribution in [2.45, 2.75) is 67.7 Å². The number of carbonyl (C=O) groups excluding carboxylic acids is 1. The van der Waals surface area contributed by atoms with E-state index in [0.717, 1.165) is 30.5 Å². The van der Waals surface area contributed by atoms with Crippen LogP contribution in [0.4, 0.5) is 0 Å². The minimum atomic E-state index is -0.0727. The quantitative estimate of drug-likeness (QED) is 0.440. The average Bonchev–Trinajstić information content (AvgIpc) is 2.51. The number of unbranched alkanes of at least 4 members (excludes halogenated alkanes) is 1. The highest BCUT2D eigenvalue weighted by Gasteiger charge is 2.11. The van der Waals surface area contributed by atoms with Crippen LogP contribution in [0.2, 0.25) is 0 Å². The van der Waals surface area contributed by atoms with Gasteiger partial charge in [0.1, 0.15) is 5.82 Å². The summed E-state index contributed by atoms with van der Waals surface area (Å²) in [5.41, 5.74) is 2.61. The Morgan fingerprint density at radius 1 is 1.17 bits per heavy atom. The maximum absolute atomic E-state index is 12.0. The van der Waals surface area contributed by atoms with E-state index >= 15 is 0 Å². The van der Waals surface area contributed by atoms with Crippen LogP contribution < -0.4 is 10.6 Å². The van der Waals surface area contributed by atoms with Crippen molar-refractivity contribution >= 4 is 12.1 Å². The average molecular weight is 334 g/mol. The monoisotopic (exact) mass is 333 g/mol. The molecule has 4 nitrogen and oxygen atoms in total. The van der Waals surface area contributed by atoms with Crippen LogP contribution in [0.15, 0.2) is 40.4 Å². The fraction of sp³-hybridized carbons (Fsp3) is 0.600. The lowest BCUT2D eigenvalue weighted by Crippen LogP contribution is -2.34. The molecule has 0 spiro atoms. The predicted molar refractivity (Wildman–Crippen MR) is 105 cm³/mol. The highest BCUT2D eigenvalue weighted by molar-refractivity contribution is 5.79. The van der Waals surface area contributed by atoms with E-state index in [9.17, 15) is 4.79 Å². The van der Waals surface area contributed by atoms with E-state index in [-0.39, 0.29) is 11.8 Å². The largest absolute Gasteiger partial charge is 0.341 e. The van der Waals surface area contributed by atoms with Gasteiger partial charge in [-0.15, -0.1) is 0 Å².